The Bertz CT molecular complexity index is 926. The number of pyridine rings is 1. The van der Waals surface area contributed by atoms with Crippen LogP contribution in [0.5, 0.6) is 0 Å². The maximum Gasteiger partial charge on any atom is 0.262 e. The summed E-state index contributed by atoms with van der Waals surface area (Å²) in [6.45, 7) is 3.83. The highest BCUT2D eigenvalue weighted by atomic mass is 32.2. The van der Waals surface area contributed by atoms with Gasteiger partial charge in [-0.3, -0.25) is 14.6 Å². The Hall–Kier alpha value is -2.64. The molecule has 0 saturated carbocycles. The fraction of sp³-hybridized carbons (Fsp3) is 0.227. The Balaban J connectivity index is 1.57. The SMILES string of the molecule is CC(C)C(NC(=O)c1cccs1)C(=O)Nc1ccc(SCc2cccnc2)cc1. The first-order valence-electron chi connectivity index (χ1n) is 9.30. The van der Waals surface area contributed by atoms with Gasteiger partial charge in [0.15, 0.2) is 0 Å². The molecule has 29 heavy (non-hydrogen) atoms. The van der Waals surface area contributed by atoms with Crippen molar-refractivity contribution in [3.63, 3.8) is 0 Å². The number of anilines is 1. The van der Waals surface area contributed by atoms with Gasteiger partial charge >= 0.3 is 0 Å². The molecular formula is C22H23N3O2S2. The molecule has 0 saturated heterocycles. The zero-order valence-corrected chi connectivity index (χ0v) is 17.9. The molecular weight excluding hydrogens is 402 g/mol. The van der Waals surface area contributed by atoms with Gasteiger partial charge in [0.2, 0.25) is 5.91 Å². The quantitative estimate of drug-likeness (QED) is 0.507. The summed E-state index contributed by atoms with van der Waals surface area (Å²) in [6.07, 6.45) is 3.62. The molecule has 0 bridgehead atoms. The molecule has 2 aromatic heterocycles. The Morgan fingerprint density at radius 2 is 1.90 bits per heavy atom. The second-order valence-electron chi connectivity index (χ2n) is 6.84. The highest BCUT2D eigenvalue weighted by Crippen LogP contribution is 2.24. The summed E-state index contributed by atoms with van der Waals surface area (Å²) < 4.78 is 0. The van der Waals surface area contributed by atoms with Crippen LogP contribution in [0.1, 0.15) is 29.1 Å². The number of thiophene rings is 1. The van der Waals surface area contributed by atoms with Crippen LogP contribution in [-0.4, -0.2) is 22.8 Å². The molecule has 0 radical (unpaired) electrons. The Kier molecular flexibility index (Phi) is 7.43. The van der Waals surface area contributed by atoms with E-state index in [-0.39, 0.29) is 17.7 Å². The van der Waals surface area contributed by atoms with E-state index < -0.39 is 6.04 Å². The largest absolute Gasteiger partial charge is 0.339 e. The van der Waals surface area contributed by atoms with E-state index in [1.54, 1.807) is 24.0 Å². The molecule has 0 aliphatic heterocycles. The van der Waals surface area contributed by atoms with Crippen LogP contribution < -0.4 is 10.6 Å². The summed E-state index contributed by atoms with van der Waals surface area (Å²) in [4.78, 5) is 30.9. The van der Waals surface area contributed by atoms with Crippen LogP contribution in [0.25, 0.3) is 0 Å². The summed E-state index contributed by atoms with van der Waals surface area (Å²) in [7, 11) is 0. The van der Waals surface area contributed by atoms with Crippen LogP contribution in [-0.2, 0) is 10.5 Å². The topological polar surface area (TPSA) is 71.1 Å². The smallest absolute Gasteiger partial charge is 0.262 e. The molecule has 0 aliphatic carbocycles. The first-order valence-corrected chi connectivity index (χ1v) is 11.2. The van der Waals surface area contributed by atoms with Crippen LogP contribution in [0.4, 0.5) is 5.69 Å². The number of amides is 2. The van der Waals surface area contributed by atoms with Gasteiger partial charge in [-0.25, -0.2) is 0 Å². The summed E-state index contributed by atoms with van der Waals surface area (Å²) in [6, 6.07) is 14.6. The number of nitrogens with zero attached hydrogens (tertiary/aromatic N) is 1. The molecule has 0 spiro atoms. The van der Waals surface area contributed by atoms with Crippen molar-refractivity contribution in [1.82, 2.24) is 10.3 Å². The molecule has 1 aromatic carbocycles. The Labute approximate surface area is 179 Å². The first kappa shape index (κ1) is 21.1. The van der Waals surface area contributed by atoms with Crippen LogP contribution in [0.3, 0.4) is 0 Å². The average molecular weight is 426 g/mol. The van der Waals surface area contributed by atoms with Gasteiger partial charge < -0.3 is 10.6 Å². The minimum Gasteiger partial charge on any atom is -0.339 e. The lowest BCUT2D eigenvalue weighted by atomic mass is 10.0. The average Bonchev–Trinajstić information content (AvgIpc) is 3.27. The number of carbonyl (C=O) groups is 2. The van der Waals surface area contributed by atoms with Crippen LogP contribution in [0.15, 0.2) is 71.2 Å². The van der Waals surface area contributed by atoms with E-state index in [1.165, 1.54) is 11.3 Å². The van der Waals surface area contributed by atoms with Crippen molar-refractivity contribution in [3.05, 3.63) is 76.7 Å². The van der Waals surface area contributed by atoms with Crippen molar-refractivity contribution in [1.29, 1.82) is 0 Å². The fourth-order valence-corrected chi connectivity index (χ4v) is 4.12. The van der Waals surface area contributed by atoms with Crippen molar-refractivity contribution >= 4 is 40.6 Å². The first-order chi connectivity index (χ1) is 14.0. The van der Waals surface area contributed by atoms with E-state index >= 15 is 0 Å². The monoisotopic (exact) mass is 425 g/mol. The van der Waals surface area contributed by atoms with Crippen LogP contribution >= 0.6 is 23.1 Å². The highest BCUT2D eigenvalue weighted by Gasteiger charge is 2.25. The molecule has 2 N–H and O–H groups in total. The summed E-state index contributed by atoms with van der Waals surface area (Å²) in [5.41, 5.74) is 1.87. The minimum absolute atomic E-state index is 0.0341. The van der Waals surface area contributed by atoms with Crippen molar-refractivity contribution in [2.24, 2.45) is 5.92 Å². The van der Waals surface area contributed by atoms with Gasteiger partial charge in [-0.1, -0.05) is 26.0 Å². The number of hydrogen-bond acceptors (Lipinski definition) is 5. The van der Waals surface area contributed by atoms with Gasteiger partial charge in [-0.15, -0.1) is 23.1 Å². The molecule has 1 unspecified atom stereocenters. The standard InChI is InChI=1S/C22H23N3O2S2/c1-15(2)20(25-21(26)19-6-4-12-28-19)22(27)24-17-7-9-18(10-8-17)29-14-16-5-3-11-23-13-16/h3-13,15,20H,14H2,1-2H3,(H,24,27)(H,25,26). The van der Waals surface area contributed by atoms with E-state index in [0.717, 1.165) is 16.2 Å². The third-order valence-corrected chi connectivity index (χ3v) is 6.18. The zero-order valence-electron chi connectivity index (χ0n) is 16.3. The molecule has 3 rings (SSSR count). The van der Waals surface area contributed by atoms with Crippen molar-refractivity contribution < 1.29 is 9.59 Å². The van der Waals surface area contributed by atoms with Crippen molar-refractivity contribution in [3.8, 4) is 0 Å². The number of thioether (sulfide) groups is 1. The number of nitrogens with one attached hydrogen (secondary N) is 2. The molecule has 150 valence electrons. The van der Waals surface area contributed by atoms with E-state index in [9.17, 15) is 9.59 Å². The summed E-state index contributed by atoms with van der Waals surface area (Å²) in [5, 5.41) is 7.58. The molecule has 5 nitrogen and oxygen atoms in total. The zero-order chi connectivity index (χ0) is 20.6. The molecule has 7 heteroatoms. The Morgan fingerprint density at radius 1 is 1.10 bits per heavy atom. The van der Waals surface area contributed by atoms with E-state index in [2.05, 4.69) is 15.6 Å². The van der Waals surface area contributed by atoms with E-state index in [4.69, 9.17) is 0 Å². The van der Waals surface area contributed by atoms with Gasteiger partial charge in [0.1, 0.15) is 6.04 Å². The second kappa shape index (κ2) is 10.2. The van der Waals surface area contributed by atoms with Gasteiger partial charge in [-0.05, 0) is 53.3 Å². The van der Waals surface area contributed by atoms with Gasteiger partial charge in [0.05, 0.1) is 4.88 Å². The lowest BCUT2D eigenvalue weighted by molar-refractivity contribution is -0.118. The summed E-state index contributed by atoms with van der Waals surface area (Å²) in [5.74, 6) is 0.355. The van der Waals surface area contributed by atoms with Crippen molar-refractivity contribution in [2.45, 2.75) is 30.5 Å². The molecule has 3 aromatic rings. The number of benzene rings is 1. The molecule has 0 fully saturated rings. The third-order valence-electron chi connectivity index (χ3n) is 4.23. The maximum atomic E-state index is 12.7. The molecule has 1 atom stereocenters. The third kappa shape index (κ3) is 6.17. The molecule has 2 heterocycles. The predicted octanol–water partition coefficient (Wildman–Crippen LogP) is 4.83. The van der Waals surface area contributed by atoms with E-state index in [1.807, 2.05) is 67.9 Å². The Morgan fingerprint density at radius 3 is 2.52 bits per heavy atom. The maximum absolute atomic E-state index is 12.7. The molecule has 0 aliphatic rings. The molecule has 2 amide bonds. The number of carbonyl (C=O) groups excluding carboxylic acids is 2. The van der Waals surface area contributed by atoms with Gasteiger partial charge in [-0.2, -0.15) is 0 Å². The van der Waals surface area contributed by atoms with E-state index in [0.29, 0.717) is 10.6 Å². The highest BCUT2D eigenvalue weighted by molar-refractivity contribution is 7.98. The minimum atomic E-state index is -0.607. The van der Waals surface area contributed by atoms with Crippen LogP contribution in [0.2, 0.25) is 0 Å². The second-order valence-corrected chi connectivity index (χ2v) is 8.83. The lowest BCUT2D eigenvalue weighted by Crippen LogP contribution is -2.46. The normalized spacial score (nSPS) is 11.8. The fourth-order valence-electron chi connectivity index (χ4n) is 2.66. The predicted molar refractivity (Wildman–Crippen MR) is 119 cm³/mol. The van der Waals surface area contributed by atoms with Gasteiger partial charge in [0, 0.05) is 28.7 Å². The van der Waals surface area contributed by atoms with Crippen molar-refractivity contribution in [2.75, 3.05) is 5.32 Å². The number of hydrogen-bond donors (Lipinski definition) is 2. The van der Waals surface area contributed by atoms with Gasteiger partial charge in [0.25, 0.3) is 5.91 Å². The number of aromatic nitrogens is 1. The van der Waals surface area contributed by atoms with Crippen LogP contribution in [0, 0.1) is 5.92 Å². The summed E-state index contributed by atoms with van der Waals surface area (Å²) >= 11 is 3.07. The lowest BCUT2D eigenvalue weighted by Gasteiger charge is -2.21. The number of rotatable bonds is 8.